The van der Waals surface area contributed by atoms with E-state index in [-0.39, 0.29) is 0 Å². The van der Waals surface area contributed by atoms with Gasteiger partial charge < -0.3 is 9.73 Å². The molecule has 0 saturated carbocycles. The fourth-order valence-corrected chi connectivity index (χ4v) is 2.62. The molecule has 1 aromatic heterocycles. The second kappa shape index (κ2) is 6.25. The molecule has 0 bridgehead atoms. The van der Waals surface area contributed by atoms with Crippen LogP contribution < -0.4 is 5.32 Å². The number of benzene rings is 1. The van der Waals surface area contributed by atoms with E-state index in [4.69, 9.17) is 4.42 Å². The molecule has 1 heterocycles. The number of aryl methyl sites for hydroxylation is 1. The van der Waals surface area contributed by atoms with Crippen LogP contribution >= 0.6 is 0 Å². The molecule has 0 aliphatic carbocycles. The van der Waals surface area contributed by atoms with Crippen molar-refractivity contribution in [2.75, 3.05) is 6.54 Å². The number of nitrogens with one attached hydrogen (secondary N) is 1. The Balaban J connectivity index is 2.54. The van der Waals surface area contributed by atoms with Crippen molar-refractivity contribution >= 4 is 11.0 Å². The summed E-state index contributed by atoms with van der Waals surface area (Å²) in [6.45, 7) is 10.6. The summed E-state index contributed by atoms with van der Waals surface area (Å²) in [5, 5.41) is 4.67. The molecule has 1 N–H and O–H groups in total. The van der Waals surface area contributed by atoms with Crippen molar-refractivity contribution in [3.63, 3.8) is 0 Å². The van der Waals surface area contributed by atoms with Crippen molar-refractivity contribution in [1.82, 2.24) is 5.32 Å². The number of hydrogen-bond acceptors (Lipinski definition) is 2. The minimum atomic E-state index is 0.548. The summed E-state index contributed by atoms with van der Waals surface area (Å²) in [7, 11) is 0. The molecule has 1 aromatic carbocycles. The lowest BCUT2D eigenvalue weighted by molar-refractivity contribution is 0.509. The molecule has 0 aliphatic heterocycles. The van der Waals surface area contributed by atoms with E-state index in [1.807, 2.05) is 0 Å². The standard InChI is InChI=1S/C17H25NO/c1-5-12(4)14-9-8-10-15-13(6-2)16(11-18-7-3)19-17(14)15/h8-10,12,18H,5-7,11H2,1-4H3. The Labute approximate surface area is 116 Å². The average molecular weight is 259 g/mol. The second-order valence-electron chi connectivity index (χ2n) is 5.17. The normalized spacial score (nSPS) is 13.1. The number of para-hydroxylation sites is 1. The van der Waals surface area contributed by atoms with E-state index < -0.39 is 0 Å². The Kier molecular flexibility index (Phi) is 4.65. The van der Waals surface area contributed by atoms with Crippen LogP contribution in [0.3, 0.4) is 0 Å². The lowest BCUT2D eigenvalue weighted by Gasteiger charge is -2.08. The lowest BCUT2D eigenvalue weighted by atomic mass is 9.96. The topological polar surface area (TPSA) is 25.2 Å². The van der Waals surface area contributed by atoms with Gasteiger partial charge in [0.1, 0.15) is 11.3 Å². The van der Waals surface area contributed by atoms with E-state index >= 15 is 0 Å². The minimum absolute atomic E-state index is 0.548. The molecule has 2 nitrogen and oxygen atoms in total. The van der Waals surface area contributed by atoms with Crippen molar-refractivity contribution in [2.24, 2.45) is 0 Å². The van der Waals surface area contributed by atoms with Crippen LogP contribution in [0.15, 0.2) is 22.6 Å². The van der Waals surface area contributed by atoms with Crippen molar-refractivity contribution in [1.29, 1.82) is 0 Å². The Bertz CT molecular complexity index is 541. The maximum atomic E-state index is 6.18. The van der Waals surface area contributed by atoms with Gasteiger partial charge in [-0.25, -0.2) is 0 Å². The zero-order valence-electron chi connectivity index (χ0n) is 12.5. The van der Waals surface area contributed by atoms with Gasteiger partial charge in [0.2, 0.25) is 0 Å². The molecule has 2 heteroatoms. The average Bonchev–Trinajstić information content (AvgIpc) is 2.81. The quantitative estimate of drug-likeness (QED) is 0.819. The van der Waals surface area contributed by atoms with Crippen LogP contribution in [0.2, 0.25) is 0 Å². The van der Waals surface area contributed by atoms with Crippen LogP contribution in [-0.4, -0.2) is 6.54 Å². The SMILES string of the molecule is CCNCc1oc2c(C(C)CC)cccc2c1CC. The van der Waals surface area contributed by atoms with E-state index in [2.05, 4.69) is 51.2 Å². The zero-order valence-corrected chi connectivity index (χ0v) is 12.5. The van der Waals surface area contributed by atoms with E-state index in [9.17, 15) is 0 Å². The molecule has 0 saturated heterocycles. The summed E-state index contributed by atoms with van der Waals surface area (Å²) >= 11 is 0. The van der Waals surface area contributed by atoms with Gasteiger partial charge in [-0.3, -0.25) is 0 Å². The van der Waals surface area contributed by atoms with Crippen LogP contribution in [0, 0.1) is 0 Å². The first-order valence-corrected chi connectivity index (χ1v) is 7.46. The van der Waals surface area contributed by atoms with E-state index in [1.54, 1.807) is 0 Å². The molecule has 1 unspecified atom stereocenters. The predicted octanol–water partition coefficient (Wildman–Crippen LogP) is 4.62. The van der Waals surface area contributed by atoms with Crippen LogP contribution in [0.5, 0.6) is 0 Å². The second-order valence-corrected chi connectivity index (χ2v) is 5.17. The molecule has 0 radical (unpaired) electrons. The van der Waals surface area contributed by atoms with Crippen LogP contribution in [0.4, 0.5) is 0 Å². The molecule has 0 aliphatic rings. The third-order valence-corrected chi connectivity index (χ3v) is 3.96. The summed E-state index contributed by atoms with van der Waals surface area (Å²) in [6, 6.07) is 6.56. The summed E-state index contributed by atoms with van der Waals surface area (Å²) in [4.78, 5) is 0. The van der Waals surface area contributed by atoms with Crippen molar-refractivity contribution in [3.05, 3.63) is 35.1 Å². The molecule has 0 fully saturated rings. The van der Waals surface area contributed by atoms with Gasteiger partial charge in [0, 0.05) is 10.9 Å². The van der Waals surface area contributed by atoms with Gasteiger partial charge in [0.25, 0.3) is 0 Å². The van der Waals surface area contributed by atoms with E-state index in [0.29, 0.717) is 5.92 Å². The highest BCUT2D eigenvalue weighted by Gasteiger charge is 2.17. The van der Waals surface area contributed by atoms with Gasteiger partial charge in [-0.1, -0.05) is 45.9 Å². The molecule has 2 aromatic rings. The third kappa shape index (κ3) is 2.69. The highest BCUT2D eigenvalue weighted by Crippen LogP contribution is 2.33. The van der Waals surface area contributed by atoms with Crippen LogP contribution in [0.25, 0.3) is 11.0 Å². The van der Waals surface area contributed by atoms with Gasteiger partial charge in [-0.05, 0) is 30.9 Å². The largest absolute Gasteiger partial charge is 0.459 e. The minimum Gasteiger partial charge on any atom is -0.459 e. The number of rotatable bonds is 6. The first-order chi connectivity index (χ1) is 9.22. The summed E-state index contributed by atoms with van der Waals surface area (Å²) in [5.74, 6) is 1.65. The first kappa shape index (κ1) is 14.1. The third-order valence-electron chi connectivity index (χ3n) is 3.96. The number of fused-ring (bicyclic) bond motifs is 1. The van der Waals surface area contributed by atoms with Crippen LogP contribution in [0.1, 0.15) is 56.9 Å². The highest BCUT2D eigenvalue weighted by molar-refractivity contribution is 5.85. The Morgan fingerprint density at radius 2 is 2.00 bits per heavy atom. The summed E-state index contributed by atoms with van der Waals surface area (Å²) in [6.07, 6.45) is 2.17. The molecule has 2 rings (SSSR count). The highest BCUT2D eigenvalue weighted by atomic mass is 16.3. The number of furan rings is 1. The van der Waals surface area contributed by atoms with Gasteiger partial charge >= 0.3 is 0 Å². The monoisotopic (exact) mass is 259 g/mol. The number of hydrogen-bond donors (Lipinski definition) is 1. The lowest BCUT2D eigenvalue weighted by Crippen LogP contribution is -2.12. The predicted molar refractivity (Wildman–Crippen MR) is 81.7 cm³/mol. The van der Waals surface area contributed by atoms with Crippen molar-refractivity contribution in [3.8, 4) is 0 Å². The van der Waals surface area contributed by atoms with Gasteiger partial charge in [0.15, 0.2) is 0 Å². The molecule has 104 valence electrons. The van der Waals surface area contributed by atoms with Gasteiger partial charge in [0.05, 0.1) is 6.54 Å². The van der Waals surface area contributed by atoms with E-state index in [1.165, 1.54) is 16.5 Å². The molecular formula is C17H25NO. The first-order valence-electron chi connectivity index (χ1n) is 7.46. The molecule has 1 atom stereocenters. The van der Waals surface area contributed by atoms with E-state index in [0.717, 1.165) is 37.3 Å². The maximum Gasteiger partial charge on any atom is 0.138 e. The Morgan fingerprint density at radius 3 is 2.63 bits per heavy atom. The zero-order chi connectivity index (χ0) is 13.8. The molecule has 0 spiro atoms. The Morgan fingerprint density at radius 1 is 1.21 bits per heavy atom. The summed E-state index contributed by atoms with van der Waals surface area (Å²) in [5.41, 5.74) is 3.81. The maximum absolute atomic E-state index is 6.18. The Hall–Kier alpha value is -1.28. The molecular weight excluding hydrogens is 234 g/mol. The van der Waals surface area contributed by atoms with Crippen LogP contribution in [-0.2, 0) is 13.0 Å². The smallest absolute Gasteiger partial charge is 0.138 e. The fraction of sp³-hybridized carbons (Fsp3) is 0.529. The van der Waals surface area contributed by atoms with Gasteiger partial charge in [-0.15, -0.1) is 0 Å². The summed E-state index contributed by atoms with van der Waals surface area (Å²) < 4.78 is 6.18. The van der Waals surface area contributed by atoms with Gasteiger partial charge in [-0.2, -0.15) is 0 Å². The van der Waals surface area contributed by atoms with Crippen molar-refractivity contribution in [2.45, 2.75) is 53.0 Å². The fourth-order valence-electron chi connectivity index (χ4n) is 2.62. The molecule has 0 amide bonds. The van der Waals surface area contributed by atoms with Crippen molar-refractivity contribution < 1.29 is 4.42 Å². The molecule has 19 heavy (non-hydrogen) atoms.